The monoisotopic (exact) mass is 546 g/mol. The quantitative estimate of drug-likeness (QED) is 0.478. The second kappa shape index (κ2) is 11.1. The van der Waals surface area contributed by atoms with Crippen LogP contribution < -0.4 is 16.0 Å². The average molecular weight is 547 g/mol. The minimum Gasteiger partial charge on any atom is -0.497 e. The molecule has 12 heteroatoms. The van der Waals surface area contributed by atoms with E-state index in [9.17, 15) is 27.6 Å². The Bertz CT molecular complexity index is 1450. The molecule has 3 heterocycles. The summed E-state index contributed by atoms with van der Waals surface area (Å²) in [5, 5.41) is 0. The topological polar surface area (TPSA) is 128 Å². The zero-order valence-corrected chi connectivity index (χ0v) is 22.8. The second-order valence-corrected chi connectivity index (χ2v) is 12.3. The van der Waals surface area contributed by atoms with Crippen LogP contribution in [0.25, 0.3) is 0 Å². The molecule has 38 heavy (non-hydrogen) atoms. The van der Waals surface area contributed by atoms with E-state index < -0.39 is 21.1 Å². The molecule has 0 atom stereocenters. The van der Waals surface area contributed by atoms with Gasteiger partial charge in [0, 0.05) is 50.2 Å². The molecule has 1 fully saturated rings. The van der Waals surface area contributed by atoms with Gasteiger partial charge in [-0.05, 0) is 49.4 Å². The molecule has 2 aromatic rings. The Morgan fingerprint density at radius 1 is 1.08 bits per heavy atom. The molecular weight excluding hydrogens is 512 g/mol. The number of likely N-dealkylation sites (tertiary alicyclic amines) is 1. The van der Waals surface area contributed by atoms with Crippen LogP contribution in [0.1, 0.15) is 29.5 Å². The normalized spacial score (nSPS) is 16.8. The number of hydrogen-bond acceptors (Lipinski definition) is 7. The average Bonchev–Trinajstić information content (AvgIpc) is 3.04. The van der Waals surface area contributed by atoms with Crippen molar-refractivity contribution in [2.45, 2.75) is 51.7 Å². The van der Waals surface area contributed by atoms with Crippen LogP contribution >= 0.6 is 0 Å². The number of ether oxygens (including phenoxy) is 1. The van der Waals surface area contributed by atoms with Gasteiger partial charge in [-0.2, -0.15) is 0 Å². The summed E-state index contributed by atoms with van der Waals surface area (Å²) < 4.78 is 30.4. The van der Waals surface area contributed by atoms with E-state index in [1.807, 2.05) is 23.1 Å². The predicted octanol–water partition coefficient (Wildman–Crippen LogP) is -0.00998. The third kappa shape index (κ3) is 6.17. The molecule has 0 aliphatic carbocycles. The van der Waals surface area contributed by atoms with Crippen LogP contribution in [0.2, 0.25) is 0 Å². The Kier molecular flexibility index (Phi) is 8.10. The SMILES string of the molecule is COc1ccc2c(c1)CCN(C1CCN(C(=O)Cn3cc(C)c(=O)n(CCS(C)(=O)=O)c3=O)CC1)C(=O)C2. The van der Waals surface area contributed by atoms with Crippen LogP contribution in [-0.4, -0.2) is 84.0 Å². The molecule has 1 aromatic heterocycles. The zero-order valence-electron chi connectivity index (χ0n) is 22.0. The molecule has 2 aliphatic heterocycles. The van der Waals surface area contributed by atoms with Crippen LogP contribution in [0.15, 0.2) is 34.0 Å². The van der Waals surface area contributed by atoms with Crippen molar-refractivity contribution in [3.8, 4) is 5.75 Å². The van der Waals surface area contributed by atoms with Gasteiger partial charge in [0.1, 0.15) is 22.1 Å². The molecule has 0 N–H and O–H groups in total. The Balaban J connectivity index is 1.39. The Morgan fingerprint density at radius 2 is 1.79 bits per heavy atom. The van der Waals surface area contributed by atoms with E-state index in [0.717, 1.165) is 38.7 Å². The van der Waals surface area contributed by atoms with Crippen LogP contribution in [-0.2, 0) is 45.4 Å². The number of carbonyl (C=O) groups excluding carboxylic acids is 2. The van der Waals surface area contributed by atoms with Crippen molar-refractivity contribution < 1.29 is 22.7 Å². The number of sulfone groups is 1. The molecule has 4 rings (SSSR count). The largest absolute Gasteiger partial charge is 0.497 e. The lowest BCUT2D eigenvalue weighted by Gasteiger charge is -2.38. The van der Waals surface area contributed by atoms with E-state index in [0.29, 0.717) is 38.9 Å². The molecule has 0 bridgehead atoms. The van der Waals surface area contributed by atoms with Gasteiger partial charge < -0.3 is 14.5 Å². The number of amides is 2. The number of methoxy groups -OCH3 is 1. The van der Waals surface area contributed by atoms with E-state index in [4.69, 9.17) is 4.74 Å². The molecule has 2 amide bonds. The number of aromatic nitrogens is 2. The highest BCUT2D eigenvalue weighted by Crippen LogP contribution is 2.25. The molecule has 0 spiro atoms. The van der Waals surface area contributed by atoms with Gasteiger partial charge in [0.15, 0.2) is 0 Å². The molecule has 1 saturated heterocycles. The lowest BCUT2D eigenvalue weighted by Crippen LogP contribution is -2.50. The molecule has 11 nitrogen and oxygen atoms in total. The van der Waals surface area contributed by atoms with Crippen LogP contribution in [0.5, 0.6) is 5.75 Å². The number of carbonyl (C=O) groups is 2. The van der Waals surface area contributed by atoms with E-state index in [-0.39, 0.29) is 42.3 Å². The number of nitrogens with zero attached hydrogens (tertiary/aromatic N) is 4. The first-order valence-electron chi connectivity index (χ1n) is 12.7. The standard InChI is InChI=1S/C26H34N4O7S/c1-18-16-28(26(34)30(25(18)33)12-13-38(3,35)36)17-24(32)27-9-7-21(8-10-27)29-11-6-20-14-22(37-2)5-4-19(20)15-23(29)31/h4-5,14,16,21H,6-13,15,17H2,1-3H3. The smallest absolute Gasteiger partial charge is 0.331 e. The molecule has 0 radical (unpaired) electrons. The van der Waals surface area contributed by atoms with Gasteiger partial charge in [0.2, 0.25) is 11.8 Å². The first-order chi connectivity index (χ1) is 18.0. The third-order valence-corrected chi connectivity index (χ3v) is 8.28. The first-order valence-corrected chi connectivity index (χ1v) is 14.7. The lowest BCUT2D eigenvalue weighted by atomic mass is 10.0. The van der Waals surface area contributed by atoms with Crippen molar-refractivity contribution in [2.24, 2.45) is 0 Å². The van der Waals surface area contributed by atoms with Crippen molar-refractivity contribution in [1.82, 2.24) is 18.9 Å². The molecule has 206 valence electrons. The minimum atomic E-state index is -3.38. The van der Waals surface area contributed by atoms with E-state index in [2.05, 4.69) is 0 Å². The van der Waals surface area contributed by atoms with Crippen molar-refractivity contribution in [3.05, 3.63) is 61.9 Å². The fraction of sp³-hybridized carbons (Fsp3) is 0.538. The number of aryl methyl sites for hydroxylation is 1. The Morgan fingerprint density at radius 3 is 2.45 bits per heavy atom. The maximum Gasteiger partial charge on any atom is 0.331 e. The highest BCUT2D eigenvalue weighted by atomic mass is 32.2. The van der Waals surface area contributed by atoms with Crippen LogP contribution in [0, 0.1) is 6.92 Å². The summed E-state index contributed by atoms with van der Waals surface area (Å²) in [6.07, 6.45) is 4.74. The highest BCUT2D eigenvalue weighted by molar-refractivity contribution is 7.90. The minimum absolute atomic E-state index is 0.0330. The van der Waals surface area contributed by atoms with Crippen molar-refractivity contribution in [3.63, 3.8) is 0 Å². The summed E-state index contributed by atoms with van der Waals surface area (Å²) in [7, 11) is -1.75. The number of piperidine rings is 1. The summed E-state index contributed by atoms with van der Waals surface area (Å²) in [6.45, 7) is 2.53. The summed E-state index contributed by atoms with van der Waals surface area (Å²) >= 11 is 0. The van der Waals surface area contributed by atoms with Crippen LogP contribution in [0.3, 0.4) is 0 Å². The Hall–Kier alpha value is -3.41. The Labute approximate surface area is 221 Å². The lowest BCUT2D eigenvalue weighted by molar-refractivity contribution is -0.136. The maximum absolute atomic E-state index is 13.0. The summed E-state index contributed by atoms with van der Waals surface area (Å²) in [5.41, 5.74) is 1.11. The fourth-order valence-electron chi connectivity index (χ4n) is 5.19. The number of rotatable bonds is 7. The van der Waals surface area contributed by atoms with Gasteiger partial charge in [-0.3, -0.25) is 23.5 Å². The maximum atomic E-state index is 13.0. The number of fused-ring (bicyclic) bond motifs is 1. The van der Waals surface area contributed by atoms with Gasteiger partial charge in [-0.25, -0.2) is 13.2 Å². The van der Waals surface area contributed by atoms with E-state index >= 15 is 0 Å². The van der Waals surface area contributed by atoms with Crippen molar-refractivity contribution in [2.75, 3.05) is 38.8 Å². The van der Waals surface area contributed by atoms with Gasteiger partial charge >= 0.3 is 5.69 Å². The van der Waals surface area contributed by atoms with Crippen LogP contribution in [0.4, 0.5) is 0 Å². The second-order valence-electron chi connectivity index (χ2n) is 10.1. The van der Waals surface area contributed by atoms with Gasteiger partial charge in [-0.15, -0.1) is 0 Å². The molecule has 2 aliphatic rings. The van der Waals surface area contributed by atoms with E-state index in [1.54, 1.807) is 12.0 Å². The fourth-order valence-corrected chi connectivity index (χ4v) is 5.70. The van der Waals surface area contributed by atoms with Gasteiger partial charge in [-0.1, -0.05) is 6.07 Å². The number of benzene rings is 1. The molecule has 0 saturated carbocycles. The zero-order chi connectivity index (χ0) is 27.6. The van der Waals surface area contributed by atoms with Crippen molar-refractivity contribution in [1.29, 1.82) is 0 Å². The molecule has 0 unspecified atom stereocenters. The number of hydrogen-bond donors (Lipinski definition) is 0. The van der Waals surface area contributed by atoms with Crippen molar-refractivity contribution >= 4 is 21.7 Å². The van der Waals surface area contributed by atoms with Gasteiger partial charge in [0.25, 0.3) is 5.56 Å². The molecule has 1 aromatic carbocycles. The third-order valence-electron chi connectivity index (χ3n) is 7.36. The highest BCUT2D eigenvalue weighted by Gasteiger charge is 2.31. The van der Waals surface area contributed by atoms with Gasteiger partial charge in [0.05, 0.1) is 19.3 Å². The summed E-state index contributed by atoms with van der Waals surface area (Å²) in [5.74, 6) is 0.245. The summed E-state index contributed by atoms with van der Waals surface area (Å²) in [4.78, 5) is 54.9. The molecular formula is C26H34N4O7S. The first kappa shape index (κ1) is 27.6. The van der Waals surface area contributed by atoms with E-state index in [1.165, 1.54) is 13.1 Å². The predicted molar refractivity (Wildman–Crippen MR) is 141 cm³/mol. The summed E-state index contributed by atoms with van der Waals surface area (Å²) in [6, 6.07) is 5.84.